The van der Waals surface area contributed by atoms with Crippen LogP contribution in [0.15, 0.2) is 42.6 Å². The topological polar surface area (TPSA) is 34.2 Å². The largest absolute Gasteiger partial charge is 0.493 e. The van der Waals surface area contributed by atoms with Crippen LogP contribution in [0.5, 0.6) is 5.75 Å². The predicted molar refractivity (Wildman–Crippen MR) is 84.5 cm³/mol. The van der Waals surface area contributed by atoms with E-state index in [1.165, 1.54) is 11.1 Å². The molecule has 3 rings (SSSR count). The fourth-order valence-corrected chi connectivity index (χ4v) is 2.89. The van der Waals surface area contributed by atoms with Gasteiger partial charge in [-0.2, -0.15) is 0 Å². The number of benzene rings is 1. The zero-order chi connectivity index (χ0) is 14.7. The molecule has 0 saturated carbocycles. The fraction of sp³-hybridized carbons (Fsp3) is 0.389. The first-order valence-electron chi connectivity index (χ1n) is 7.70. The number of nitrogens with one attached hydrogen (secondary N) is 1. The van der Waals surface area contributed by atoms with E-state index >= 15 is 0 Å². The van der Waals surface area contributed by atoms with Crippen LogP contribution in [0, 0.1) is 0 Å². The molecule has 1 unspecified atom stereocenters. The number of hydrogen-bond donors (Lipinski definition) is 1. The summed E-state index contributed by atoms with van der Waals surface area (Å²) in [4.78, 5) is 4.44. The first-order chi connectivity index (χ1) is 10.3. The molecule has 1 aliphatic rings. The Morgan fingerprint density at radius 3 is 2.95 bits per heavy atom. The van der Waals surface area contributed by atoms with Gasteiger partial charge in [-0.1, -0.05) is 25.1 Å². The molecule has 21 heavy (non-hydrogen) atoms. The van der Waals surface area contributed by atoms with Crippen LogP contribution < -0.4 is 10.1 Å². The van der Waals surface area contributed by atoms with E-state index < -0.39 is 0 Å². The Bertz CT molecular complexity index is 597. The third-order valence-corrected chi connectivity index (χ3v) is 4.11. The number of ether oxygens (including phenoxy) is 1. The van der Waals surface area contributed by atoms with Crippen LogP contribution in [0.3, 0.4) is 0 Å². The summed E-state index contributed by atoms with van der Waals surface area (Å²) in [6.45, 7) is 5.20. The molecule has 0 fully saturated rings. The Morgan fingerprint density at radius 1 is 1.29 bits per heavy atom. The number of nitrogens with zero attached hydrogens (tertiary/aromatic N) is 1. The van der Waals surface area contributed by atoms with Crippen molar-refractivity contribution in [2.75, 3.05) is 6.61 Å². The van der Waals surface area contributed by atoms with Crippen LogP contribution >= 0.6 is 0 Å². The first-order valence-corrected chi connectivity index (χ1v) is 7.70. The van der Waals surface area contributed by atoms with Crippen LogP contribution in [0.25, 0.3) is 0 Å². The van der Waals surface area contributed by atoms with Crippen molar-refractivity contribution in [3.05, 3.63) is 59.4 Å². The van der Waals surface area contributed by atoms with Gasteiger partial charge in [-0.25, -0.2) is 0 Å². The Labute approximate surface area is 126 Å². The van der Waals surface area contributed by atoms with Gasteiger partial charge in [-0.15, -0.1) is 0 Å². The number of pyridine rings is 1. The normalized spacial score (nSPS) is 16.1. The van der Waals surface area contributed by atoms with Crippen molar-refractivity contribution in [3.8, 4) is 5.75 Å². The van der Waals surface area contributed by atoms with Gasteiger partial charge < -0.3 is 10.1 Å². The molecule has 2 heterocycles. The lowest BCUT2D eigenvalue weighted by Crippen LogP contribution is -2.24. The third kappa shape index (κ3) is 3.08. The summed E-state index contributed by atoms with van der Waals surface area (Å²) in [5, 5.41) is 3.69. The maximum absolute atomic E-state index is 5.59. The molecule has 110 valence electrons. The molecule has 0 aliphatic carbocycles. The molecular weight excluding hydrogens is 260 g/mol. The molecular formula is C18H22N2O. The SMILES string of the molecule is CCC(N[C@@H](C)c1ccccn1)c1ccc2c(c1)CCO2. The highest BCUT2D eigenvalue weighted by atomic mass is 16.5. The number of fused-ring (bicyclic) bond motifs is 1. The smallest absolute Gasteiger partial charge is 0.122 e. The Kier molecular flexibility index (Phi) is 4.20. The molecule has 2 atom stereocenters. The molecule has 1 N–H and O–H groups in total. The highest BCUT2D eigenvalue weighted by molar-refractivity contribution is 5.40. The quantitative estimate of drug-likeness (QED) is 0.905. The van der Waals surface area contributed by atoms with E-state index in [9.17, 15) is 0 Å². The molecule has 3 nitrogen and oxygen atoms in total. The summed E-state index contributed by atoms with van der Waals surface area (Å²) in [5.74, 6) is 1.05. The second-order valence-corrected chi connectivity index (χ2v) is 5.57. The molecule has 1 aromatic heterocycles. The predicted octanol–water partition coefficient (Wildman–Crippen LogP) is 3.82. The summed E-state index contributed by atoms with van der Waals surface area (Å²) in [7, 11) is 0. The lowest BCUT2D eigenvalue weighted by molar-refractivity contribution is 0.356. The van der Waals surface area contributed by atoms with Gasteiger partial charge in [-0.05, 0) is 42.7 Å². The van der Waals surface area contributed by atoms with E-state index in [1.807, 2.05) is 18.3 Å². The molecule has 0 spiro atoms. The van der Waals surface area contributed by atoms with Gasteiger partial charge in [0.1, 0.15) is 5.75 Å². The van der Waals surface area contributed by atoms with Crippen molar-refractivity contribution in [3.63, 3.8) is 0 Å². The average Bonchev–Trinajstić information content (AvgIpc) is 3.00. The highest BCUT2D eigenvalue weighted by Crippen LogP contribution is 2.30. The Hall–Kier alpha value is -1.87. The van der Waals surface area contributed by atoms with Crippen LogP contribution in [0.4, 0.5) is 0 Å². The van der Waals surface area contributed by atoms with Gasteiger partial charge in [-0.3, -0.25) is 4.98 Å². The molecule has 2 aromatic rings. The van der Waals surface area contributed by atoms with Crippen LogP contribution in [0.1, 0.15) is 49.2 Å². The lowest BCUT2D eigenvalue weighted by atomic mass is 9.99. The molecule has 1 aliphatic heterocycles. The Balaban J connectivity index is 1.76. The Morgan fingerprint density at radius 2 is 2.19 bits per heavy atom. The monoisotopic (exact) mass is 282 g/mol. The summed E-state index contributed by atoms with van der Waals surface area (Å²) < 4.78 is 5.59. The number of rotatable bonds is 5. The van der Waals surface area contributed by atoms with E-state index in [0.29, 0.717) is 6.04 Å². The van der Waals surface area contributed by atoms with Crippen LogP contribution in [0.2, 0.25) is 0 Å². The molecule has 3 heteroatoms. The highest BCUT2D eigenvalue weighted by Gasteiger charge is 2.18. The van der Waals surface area contributed by atoms with E-state index in [0.717, 1.165) is 30.9 Å². The van der Waals surface area contributed by atoms with Crippen molar-refractivity contribution >= 4 is 0 Å². The summed E-state index contributed by atoms with van der Waals surface area (Å²) in [6.07, 6.45) is 3.92. The first kappa shape index (κ1) is 14.1. The number of hydrogen-bond acceptors (Lipinski definition) is 3. The van der Waals surface area contributed by atoms with Crippen LogP contribution in [-0.2, 0) is 6.42 Å². The summed E-state index contributed by atoms with van der Waals surface area (Å²) in [6, 6.07) is 13.2. The zero-order valence-electron chi connectivity index (χ0n) is 12.7. The van der Waals surface area contributed by atoms with Gasteiger partial charge in [0.25, 0.3) is 0 Å². The van der Waals surface area contributed by atoms with Crippen molar-refractivity contribution in [2.45, 2.75) is 38.8 Å². The standard InChI is InChI=1S/C18H22N2O/c1-3-16(20-13(2)17-6-4-5-10-19-17)14-7-8-18-15(12-14)9-11-21-18/h4-8,10,12-13,16,20H,3,9,11H2,1-2H3/t13-,16?/m0/s1. The van der Waals surface area contributed by atoms with E-state index in [-0.39, 0.29) is 6.04 Å². The summed E-state index contributed by atoms with van der Waals surface area (Å²) in [5.41, 5.74) is 3.75. The van der Waals surface area contributed by atoms with Crippen LogP contribution in [-0.4, -0.2) is 11.6 Å². The molecule has 0 bridgehead atoms. The van der Waals surface area contributed by atoms with Crippen molar-refractivity contribution in [1.29, 1.82) is 0 Å². The van der Waals surface area contributed by atoms with E-state index in [1.54, 1.807) is 0 Å². The second kappa shape index (κ2) is 6.27. The van der Waals surface area contributed by atoms with Crippen molar-refractivity contribution in [2.24, 2.45) is 0 Å². The van der Waals surface area contributed by atoms with E-state index in [2.05, 4.69) is 48.4 Å². The molecule has 0 amide bonds. The van der Waals surface area contributed by atoms with Crippen molar-refractivity contribution < 1.29 is 4.74 Å². The fourth-order valence-electron chi connectivity index (χ4n) is 2.89. The average molecular weight is 282 g/mol. The summed E-state index contributed by atoms with van der Waals surface area (Å²) >= 11 is 0. The molecule has 0 radical (unpaired) electrons. The van der Waals surface area contributed by atoms with Crippen molar-refractivity contribution in [1.82, 2.24) is 10.3 Å². The third-order valence-electron chi connectivity index (χ3n) is 4.11. The van der Waals surface area contributed by atoms with Gasteiger partial charge >= 0.3 is 0 Å². The second-order valence-electron chi connectivity index (χ2n) is 5.57. The zero-order valence-corrected chi connectivity index (χ0v) is 12.7. The maximum Gasteiger partial charge on any atom is 0.122 e. The molecule has 1 aromatic carbocycles. The lowest BCUT2D eigenvalue weighted by Gasteiger charge is -2.23. The minimum Gasteiger partial charge on any atom is -0.493 e. The minimum atomic E-state index is 0.237. The maximum atomic E-state index is 5.59. The molecule has 0 saturated heterocycles. The number of aromatic nitrogens is 1. The van der Waals surface area contributed by atoms with Gasteiger partial charge in [0.2, 0.25) is 0 Å². The van der Waals surface area contributed by atoms with Gasteiger partial charge in [0, 0.05) is 24.7 Å². The minimum absolute atomic E-state index is 0.237. The van der Waals surface area contributed by atoms with Gasteiger partial charge in [0.15, 0.2) is 0 Å². The van der Waals surface area contributed by atoms with Gasteiger partial charge in [0.05, 0.1) is 12.3 Å². The van der Waals surface area contributed by atoms with E-state index in [4.69, 9.17) is 4.74 Å².